The van der Waals surface area contributed by atoms with Gasteiger partial charge in [0, 0.05) is 8.04 Å². The zero-order chi connectivity index (χ0) is 9.30. The van der Waals surface area contributed by atoms with Gasteiger partial charge in [-0.05, 0) is 50.7 Å². The number of benzene rings is 1. The Kier molecular flexibility index (Phi) is 3.05. The summed E-state index contributed by atoms with van der Waals surface area (Å²) in [4.78, 5) is 10.8. The summed E-state index contributed by atoms with van der Waals surface area (Å²) in [6.45, 7) is 0. The van der Waals surface area contributed by atoms with E-state index in [1.54, 1.807) is 0 Å². The van der Waals surface area contributed by atoms with Crippen molar-refractivity contribution in [2.75, 3.05) is 0 Å². The molecular weight excluding hydrogens is 340 g/mol. The third-order valence-electron chi connectivity index (χ3n) is 1.25. The van der Waals surface area contributed by atoms with Crippen molar-refractivity contribution in [3.8, 4) is 0 Å². The minimum absolute atomic E-state index is 0.317. The molecule has 0 aliphatic carbocycles. The highest BCUT2D eigenvalue weighted by atomic mass is 127. The summed E-state index contributed by atoms with van der Waals surface area (Å²) in [5.41, 5.74) is 5.39. The predicted molar refractivity (Wildman–Crippen MR) is 55.3 cm³/mol. The molecule has 0 unspecified atom stereocenters. The van der Waals surface area contributed by atoms with Crippen molar-refractivity contribution in [3.05, 3.63) is 31.6 Å². The van der Waals surface area contributed by atoms with E-state index in [-0.39, 0.29) is 0 Å². The van der Waals surface area contributed by atoms with E-state index in [2.05, 4.69) is 15.9 Å². The van der Waals surface area contributed by atoms with Gasteiger partial charge in [0.1, 0.15) is 5.82 Å². The number of halogens is 3. The first-order valence-electron chi connectivity index (χ1n) is 2.96. The Hall–Kier alpha value is -0.170. The molecule has 5 heteroatoms. The lowest BCUT2D eigenvalue weighted by molar-refractivity contribution is 0.0998. The van der Waals surface area contributed by atoms with Crippen LogP contribution in [0.2, 0.25) is 0 Å². The Balaban J connectivity index is 3.38. The molecule has 0 heterocycles. The molecule has 0 radical (unpaired) electrons. The lowest BCUT2D eigenvalue weighted by Crippen LogP contribution is -2.13. The number of rotatable bonds is 1. The molecule has 0 aliphatic heterocycles. The zero-order valence-corrected chi connectivity index (χ0v) is 9.52. The largest absolute Gasteiger partial charge is 0.366 e. The van der Waals surface area contributed by atoms with Gasteiger partial charge in [0.25, 0.3) is 5.91 Å². The van der Waals surface area contributed by atoms with Crippen LogP contribution in [-0.2, 0) is 0 Å². The molecule has 0 bridgehead atoms. The fraction of sp³-hybridized carbons (Fsp3) is 0. The number of hydrogen-bond donors (Lipinski definition) is 1. The van der Waals surface area contributed by atoms with E-state index >= 15 is 0 Å². The molecule has 0 saturated carbocycles. The lowest BCUT2D eigenvalue weighted by Gasteiger charge is -2.02. The second kappa shape index (κ2) is 3.69. The minimum atomic E-state index is -0.564. The van der Waals surface area contributed by atoms with E-state index in [0.29, 0.717) is 13.6 Å². The fourth-order valence-electron chi connectivity index (χ4n) is 0.778. The van der Waals surface area contributed by atoms with Crippen molar-refractivity contribution in [3.63, 3.8) is 0 Å². The molecule has 1 amide bonds. The van der Waals surface area contributed by atoms with E-state index in [1.165, 1.54) is 12.1 Å². The van der Waals surface area contributed by atoms with Crippen LogP contribution in [0, 0.1) is 9.39 Å². The summed E-state index contributed by atoms with van der Waals surface area (Å²) in [6, 6.07) is 2.47. The average Bonchev–Trinajstić information content (AvgIpc) is 1.82. The summed E-state index contributed by atoms with van der Waals surface area (Å²) in [6.07, 6.45) is 0. The highest BCUT2D eigenvalue weighted by Gasteiger charge is 2.11. The standard InChI is InChI=1S/C7H4BrFINO/c8-4-1-3(9)2-5(10)6(4)7(11)12/h1-2H,(H2,11,12). The van der Waals surface area contributed by atoms with Gasteiger partial charge in [0.05, 0.1) is 5.56 Å². The molecule has 12 heavy (non-hydrogen) atoms. The van der Waals surface area contributed by atoms with Gasteiger partial charge < -0.3 is 5.73 Å². The van der Waals surface area contributed by atoms with Crippen molar-refractivity contribution in [1.82, 2.24) is 0 Å². The first kappa shape index (κ1) is 9.91. The molecule has 2 N–H and O–H groups in total. The zero-order valence-electron chi connectivity index (χ0n) is 5.77. The van der Waals surface area contributed by atoms with E-state index in [0.717, 1.165) is 0 Å². The van der Waals surface area contributed by atoms with Crippen LogP contribution in [0.1, 0.15) is 10.4 Å². The van der Waals surface area contributed by atoms with Crippen molar-refractivity contribution >= 4 is 44.4 Å². The van der Waals surface area contributed by atoms with E-state index < -0.39 is 11.7 Å². The lowest BCUT2D eigenvalue weighted by atomic mass is 10.2. The van der Waals surface area contributed by atoms with Crippen LogP contribution in [0.3, 0.4) is 0 Å². The van der Waals surface area contributed by atoms with Gasteiger partial charge in [-0.25, -0.2) is 4.39 Å². The summed E-state index contributed by atoms with van der Waals surface area (Å²) >= 11 is 4.91. The Morgan fingerprint density at radius 2 is 2.17 bits per heavy atom. The van der Waals surface area contributed by atoms with Crippen molar-refractivity contribution in [2.24, 2.45) is 5.73 Å². The van der Waals surface area contributed by atoms with Crippen LogP contribution >= 0.6 is 38.5 Å². The van der Waals surface area contributed by atoms with Crippen LogP contribution < -0.4 is 5.73 Å². The third kappa shape index (κ3) is 1.95. The van der Waals surface area contributed by atoms with Gasteiger partial charge in [-0.2, -0.15) is 0 Å². The Morgan fingerprint density at radius 3 is 2.58 bits per heavy atom. The molecule has 0 saturated heterocycles. The highest BCUT2D eigenvalue weighted by Crippen LogP contribution is 2.23. The SMILES string of the molecule is NC(=O)c1c(Br)cc(F)cc1I. The molecule has 1 aromatic carbocycles. The van der Waals surface area contributed by atoms with Crippen molar-refractivity contribution in [1.29, 1.82) is 0 Å². The van der Waals surface area contributed by atoms with Crippen LogP contribution in [0.5, 0.6) is 0 Å². The Labute approximate surface area is 90.6 Å². The predicted octanol–water partition coefficient (Wildman–Crippen LogP) is 2.29. The molecule has 2 nitrogen and oxygen atoms in total. The van der Waals surface area contributed by atoms with Gasteiger partial charge in [0.15, 0.2) is 0 Å². The van der Waals surface area contributed by atoms with Crippen LogP contribution in [0.4, 0.5) is 4.39 Å². The molecular formula is C7H4BrFINO. The van der Waals surface area contributed by atoms with Gasteiger partial charge in [-0.3, -0.25) is 4.79 Å². The smallest absolute Gasteiger partial charge is 0.250 e. The van der Waals surface area contributed by atoms with Gasteiger partial charge in [0.2, 0.25) is 0 Å². The normalized spacial score (nSPS) is 9.92. The van der Waals surface area contributed by atoms with Gasteiger partial charge in [-0.15, -0.1) is 0 Å². The monoisotopic (exact) mass is 343 g/mol. The maximum absolute atomic E-state index is 12.7. The molecule has 0 aliphatic rings. The Bertz CT molecular complexity index is 319. The summed E-state index contributed by atoms with van der Waals surface area (Å²) in [5, 5.41) is 0. The quantitative estimate of drug-likeness (QED) is 0.781. The summed E-state index contributed by atoms with van der Waals surface area (Å²) < 4.78 is 13.6. The van der Waals surface area contributed by atoms with Crippen LogP contribution in [0.25, 0.3) is 0 Å². The number of carbonyl (C=O) groups is 1. The van der Waals surface area contributed by atoms with Crippen molar-refractivity contribution < 1.29 is 9.18 Å². The topological polar surface area (TPSA) is 43.1 Å². The van der Waals surface area contributed by atoms with Crippen LogP contribution in [-0.4, -0.2) is 5.91 Å². The number of amides is 1. The van der Waals surface area contributed by atoms with Gasteiger partial charge >= 0.3 is 0 Å². The fourth-order valence-corrected chi connectivity index (χ4v) is 2.63. The second-order valence-electron chi connectivity index (χ2n) is 2.11. The molecule has 1 aromatic rings. The number of primary amides is 1. The summed E-state index contributed by atoms with van der Waals surface area (Å²) in [5.74, 6) is -0.956. The number of nitrogens with two attached hydrogens (primary N) is 1. The molecule has 0 spiro atoms. The first-order valence-corrected chi connectivity index (χ1v) is 4.84. The van der Waals surface area contributed by atoms with Gasteiger partial charge in [-0.1, -0.05) is 0 Å². The summed E-state index contributed by atoms with van der Waals surface area (Å²) in [7, 11) is 0. The second-order valence-corrected chi connectivity index (χ2v) is 4.13. The number of carbonyl (C=O) groups excluding carboxylic acids is 1. The third-order valence-corrected chi connectivity index (χ3v) is 2.73. The minimum Gasteiger partial charge on any atom is -0.366 e. The van der Waals surface area contributed by atoms with E-state index in [9.17, 15) is 9.18 Å². The van der Waals surface area contributed by atoms with E-state index in [1.807, 2.05) is 22.6 Å². The molecule has 0 aromatic heterocycles. The van der Waals surface area contributed by atoms with Crippen LogP contribution in [0.15, 0.2) is 16.6 Å². The first-order chi connectivity index (χ1) is 5.52. The maximum atomic E-state index is 12.7. The Morgan fingerprint density at radius 1 is 1.58 bits per heavy atom. The average molecular weight is 344 g/mol. The number of hydrogen-bond acceptors (Lipinski definition) is 1. The van der Waals surface area contributed by atoms with Crippen molar-refractivity contribution in [2.45, 2.75) is 0 Å². The van der Waals surface area contributed by atoms with E-state index in [4.69, 9.17) is 5.73 Å². The highest BCUT2D eigenvalue weighted by molar-refractivity contribution is 14.1. The maximum Gasteiger partial charge on any atom is 0.250 e. The molecule has 0 fully saturated rings. The molecule has 1 rings (SSSR count). The molecule has 0 atom stereocenters. The molecule has 64 valence electrons.